The molecule has 0 saturated heterocycles. The van der Waals surface area contributed by atoms with Gasteiger partial charge in [0.15, 0.2) is 5.13 Å². The monoisotopic (exact) mass is 347 g/mol. The van der Waals surface area contributed by atoms with Crippen LogP contribution in [-0.4, -0.2) is 45.5 Å². The maximum atomic E-state index is 12.6. The zero-order chi connectivity index (χ0) is 17.3. The van der Waals surface area contributed by atoms with E-state index in [1.165, 1.54) is 17.7 Å². The van der Waals surface area contributed by atoms with Gasteiger partial charge in [0, 0.05) is 30.0 Å². The normalized spacial score (nSPS) is 15.7. The summed E-state index contributed by atoms with van der Waals surface area (Å²) < 4.78 is 5.33. The molecule has 8 heteroatoms. The summed E-state index contributed by atoms with van der Waals surface area (Å²) in [6.07, 6.45) is 2.30. The molecule has 0 aliphatic carbocycles. The quantitative estimate of drug-likeness (QED) is 0.910. The highest BCUT2D eigenvalue weighted by atomic mass is 32.1. The Bertz CT molecular complexity index is 727. The van der Waals surface area contributed by atoms with Crippen LogP contribution in [0.4, 0.5) is 5.13 Å². The van der Waals surface area contributed by atoms with Crippen molar-refractivity contribution in [1.29, 1.82) is 0 Å². The van der Waals surface area contributed by atoms with Crippen molar-refractivity contribution in [3.8, 4) is 5.88 Å². The topological polar surface area (TPSA) is 80.2 Å². The van der Waals surface area contributed by atoms with Crippen molar-refractivity contribution >= 4 is 22.4 Å². The van der Waals surface area contributed by atoms with Crippen LogP contribution >= 0.6 is 11.3 Å². The van der Waals surface area contributed by atoms with Gasteiger partial charge in [-0.1, -0.05) is 0 Å². The van der Waals surface area contributed by atoms with Crippen molar-refractivity contribution in [1.82, 2.24) is 19.9 Å². The van der Waals surface area contributed by atoms with Gasteiger partial charge in [-0.25, -0.2) is 15.0 Å². The van der Waals surface area contributed by atoms with Gasteiger partial charge in [-0.3, -0.25) is 9.69 Å². The van der Waals surface area contributed by atoms with Crippen LogP contribution in [0.5, 0.6) is 5.88 Å². The predicted molar refractivity (Wildman–Crippen MR) is 92.4 cm³/mol. The average Bonchev–Trinajstić information content (AvgIpc) is 2.90. The summed E-state index contributed by atoms with van der Waals surface area (Å²) in [4.78, 5) is 28.6. The number of aromatic nitrogens is 3. The first kappa shape index (κ1) is 16.8. The Morgan fingerprint density at radius 2 is 2.21 bits per heavy atom. The Morgan fingerprint density at radius 1 is 1.42 bits per heavy atom. The molecule has 1 atom stereocenters. The van der Waals surface area contributed by atoms with Gasteiger partial charge in [0.1, 0.15) is 6.33 Å². The molecule has 0 bridgehead atoms. The third kappa shape index (κ3) is 3.25. The standard InChI is InChI=1S/C16H21N5O2S/c1-9-11(3)24-16(19-9)20-14(22)10(2)21-6-5-13-12(7-21)15(23-4)18-8-17-13/h8,10H,5-7H2,1-4H3,(H,19,20,22)/t10-/m1/s1. The molecule has 2 aromatic heterocycles. The number of rotatable bonds is 4. The first-order valence-electron chi connectivity index (χ1n) is 7.85. The number of nitrogens with one attached hydrogen (secondary N) is 1. The van der Waals surface area contributed by atoms with Crippen molar-refractivity contribution in [2.45, 2.75) is 39.8 Å². The Hall–Kier alpha value is -2.06. The van der Waals surface area contributed by atoms with Crippen molar-refractivity contribution in [2.24, 2.45) is 0 Å². The molecule has 1 aliphatic heterocycles. The zero-order valence-electron chi connectivity index (χ0n) is 14.3. The molecule has 24 heavy (non-hydrogen) atoms. The number of carbonyl (C=O) groups excluding carboxylic acids is 1. The summed E-state index contributed by atoms with van der Waals surface area (Å²) in [5.41, 5.74) is 2.92. The number of aryl methyl sites for hydroxylation is 2. The van der Waals surface area contributed by atoms with E-state index in [2.05, 4.69) is 25.2 Å². The van der Waals surface area contributed by atoms with Gasteiger partial charge in [-0.05, 0) is 20.8 Å². The number of fused-ring (bicyclic) bond motifs is 1. The Morgan fingerprint density at radius 3 is 2.88 bits per heavy atom. The minimum Gasteiger partial charge on any atom is -0.481 e. The van der Waals surface area contributed by atoms with Crippen LogP contribution in [-0.2, 0) is 17.8 Å². The summed E-state index contributed by atoms with van der Waals surface area (Å²) in [5, 5.41) is 3.57. The van der Waals surface area contributed by atoms with E-state index in [1.54, 1.807) is 7.11 Å². The molecule has 0 radical (unpaired) electrons. The second-order valence-corrected chi connectivity index (χ2v) is 7.06. The lowest BCUT2D eigenvalue weighted by molar-refractivity contribution is -0.121. The number of carbonyl (C=O) groups is 1. The highest BCUT2D eigenvalue weighted by Crippen LogP contribution is 2.26. The summed E-state index contributed by atoms with van der Waals surface area (Å²) in [7, 11) is 1.60. The van der Waals surface area contributed by atoms with E-state index in [4.69, 9.17) is 4.74 Å². The molecule has 2 aromatic rings. The van der Waals surface area contributed by atoms with Crippen molar-refractivity contribution in [3.63, 3.8) is 0 Å². The first-order chi connectivity index (χ1) is 11.5. The van der Waals surface area contributed by atoms with E-state index in [-0.39, 0.29) is 11.9 Å². The number of hydrogen-bond acceptors (Lipinski definition) is 7. The number of nitrogens with zero attached hydrogens (tertiary/aromatic N) is 4. The second kappa shape index (κ2) is 6.82. The lowest BCUT2D eigenvalue weighted by Gasteiger charge is -2.32. The summed E-state index contributed by atoms with van der Waals surface area (Å²) in [5.74, 6) is 0.534. The molecule has 0 fully saturated rings. The molecular weight excluding hydrogens is 326 g/mol. The minimum absolute atomic E-state index is 0.0528. The molecular formula is C16H21N5O2S. The summed E-state index contributed by atoms with van der Waals surface area (Å²) in [6.45, 7) is 7.23. The highest BCUT2D eigenvalue weighted by molar-refractivity contribution is 7.15. The van der Waals surface area contributed by atoms with Gasteiger partial charge < -0.3 is 10.1 Å². The second-order valence-electron chi connectivity index (χ2n) is 5.85. The van der Waals surface area contributed by atoms with Gasteiger partial charge in [-0.15, -0.1) is 11.3 Å². The maximum absolute atomic E-state index is 12.6. The molecule has 1 amide bonds. The van der Waals surface area contributed by atoms with Gasteiger partial charge in [0.25, 0.3) is 0 Å². The molecule has 0 aromatic carbocycles. The molecule has 128 valence electrons. The average molecular weight is 347 g/mol. The van der Waals surface area contributed by atoms with Crippen LogP contribution in [0.25, 0.3) is 0 Å². The van der Waals surface area contributed by atoms with Gasteiger partial charge in [-0.2, -0.15) is 0 Å². The lowest BCUT2D eigenvalue weighted by Crippen LogP contribution is -2.44. The predicted octanol–water partition coefficient (Wildman–Crippen LogP) is 1.94. The minimum atomic E-state index is -0.271. The molecule has 1 aliphatic rings. The number of ether oxygens (including phenoxy) is 1. The van der Waals surface area contributed by atoms with Gasteiger partial charge in [0.05, 0.1) is 24.5 Å². The molecule has 0 saturated carbocycles. The number of hydrogen-bond donors (Lipinski definition) is 1. The SMILES string of the molecule is COc1ncnc2c1CN([C@H](C)C(=O)Nc1nc(C)c(C)s1)CC2. The number of methoxy groups -OCH3 is 1. The van der Waals surface area contributed by atoms with Crippen molar-refractivity contribution in [2.75, 3.05) is 19.0 Å². The van der Waals surface area contributed by atoms with E-state index >= 15 is 0 Å². The van der Waals surface area contributed by atoms with Gasteiger partial charge >= 0.3 is 0 Å². The third-order valence-corrected chi connectivity index (χ3v) is 5.36. The van der Waals surface area contributed by atoms with E-state index in [0.717, 1.165) is 34.8 Å². The van der Waals surface area contributed by atoms with Crippen LogP contribution in [0.1, 0.15) is 28.8 Å². The Balaban J connectivity index is 1.71. The summed E-state index contributed by atoms with van der Waals surface area (Å²) >= 11 is 1.50. The fourth-order valence-corrected chi connectivity index (χ4v) is 3.56. The third-order valence-electron chi connectivity index (χ3n) is 4.37. The fourth-order valence-electron chi connectivity index (χ4n) is 2.74. The van der Waals surface area contributed by atoms with Crippen LogP contribution < -0.4 is 10.1 Å². The van der Waals surface area contributed by atoms with Crippen LogP contribution in [0.2, 0.25) is 0 Å². The first-order valence-corrected chi connectivity index (χ1v) is 8.67. The molecule has 0 unspecified atom stereocenters. The largest absolute Gasteiger partial charge is 0.481 e. The molecule has 7 nitrogen and oxygen atoms in total. The van der Waals surface area contributed by atoms with Crippen molar-refractivity contribution in [3.05, 3.63) is 28.2 Å². The Labute approximate surface area is 145 Å². The maximum Gasteiger partial charge on any atom is 0.243 e. The van der Waals surface area contributed by atoms with Crippen LogP contribution in [0.3, 0.4) is 0 Å². The number of anilines is 1. The summed E-state index contributed by atoms with van der Waals surface area (Å²) in [6, 6.07) is -0.271. The smallest absolute Gasteiger partial charge is 0.243 e. The van der Waals surface area contributed by atoms with E-state index in [0.29, 0.717) is 17.6 Å². The number of thiazole rings is 1. The molecule has 3 rings (SSSR count). The van der Waals surface area contributed by atoms with Crippen molar-refractivity contribution < 1.29 is 9.53 Å². The highest BCUT2D eigenvalue weighted by Gasteiger charge is 2.28. The van der Waals surface area contributed by atoms with Gasteiger partial charge in [0.2, 0.25) is 11.8 Å². The van der Waals surface area contributed by atoms with E-state index in [9.17, 15) is 4.79 Å². The zero-order valence-corrected chi connectivity index (χ0v) is 15.1. The number of amides is 1. The van der Waals surface area contributed by atoms with E-state index < -0.39 is 0 Å². The lowest BCUT2D eigenvalue weighted by atomic mass is 10.0. The fraction of sp³-hybridized carbons (Fsp3) is 0.500. The van der Waals surface area contributed by atoms with E-state index in [1.807, 2.05) is 20.8 Å². The molecule has 1 N–H and O–H groups in total. The van der Waals surface area contributed by atoms with Crippen LogP contribution in [0.15, 0.2) is 6.33 Å². The van der Waals surface area contributed by atoms with Crippen LogP contribution in [0, 0.1) is 13.8 Å². The molecule has 3 heterocycles. The molecule has 0 spiro atoms. The Kier molecular flexibility index (Phi) is 4.77.